The number of carbonyl (C=O) groups is 1. The van der Waals surface area contributed by atoms with Crippen LogP contribution in [0.25, 0.3) is 6.08 Å². The van der Waals surface area contributed by atoms with Gasteiger partial charge in [-0.1, -0.05) is 17.7 Å². The minimum Gasteiger partial charge on any atom is -0.372 e. The molecule has 0 N–H and O–H groups in total. The number of carbonyl (C=O) groups excluding carboxylic acids is 1. The smallest absolute Gasteiger partial charge is 0.286 e. The van der Waals surface area contributed by atoms with Gasteiger partial charge >= 0.3 is 0 Å². The van der Waals surface area contributed by atoms with Gasteiger partial charge in [-0.3, -0.25) is 4.79 Å². The average Bonchev–Trinajstić information content (AvgIpc) is 2.83. The Labute approximate surface area is 143 Å². The van der Waals surface area contributed by atoms with Gasteiger partial charge in [0.15, 0.2) is 5.17 Å². The predicted molar refractivity (Wildman–Crippen MR) is 91.0 cm³/mol. The van der Waals surface area contributed by atoms with Gasteiger partial charge in [-0.2, -0.15) is 4.99 Å². The number of amidine groups is 1. The summed E-state index contributed by atoms with van der Waals surface area (Å²) in [4.78, 5) is 18.6. The van der Waals surface area contributed by atoms with Crippen molar-refractivity contribution in [1.82, 2.24) is 4.90 Å². The number of ether oxygens (including phenoxy) is 1. The van der Waals surface area contributed by atoms with E-state index >= 15 is 0 Å². The summed E-state index contributed by atoms with van der Waals surface area (Å²) in [5, 5.41) is 0.906. The van der Waals surface area contributed by atoms with Crippen LogP contribution in [0.4, 0.5) is 4.39 Å². The van der Waals surface area contributed by atoms with E-state index in [1.165, 1.54) is 30.0 Å². The van der Waals surface area contributed by atoms with E-state index in [0.29, 0.717) is 23.2 Å². The summed E-state index contributed by atoms with van der Waals surface area (Å²) in [7, 11) is 0. The summed E-state index contributed by atoms with van der Waals surface area (Å²) in [5.41, 5.74) is 0.213. The van der Waals surface area contributed by atoms with Crippen LogP contribution in [0.3, 0.4) is 0 Å². The summed E-state index contributed by atoms with van der Waals surface area (Å²) in [5.74, 6) is -0.823. The molecule has 1 aromatic rings. The Morgan fingerprint density at radius 3 is 2.74 bits per heavy atom. The molecule has 0 unspecified atom stereocenters. The second-order valence-corrected chi connectivity index (χ2v) is 7.02. The van der Waals surface area contributed by atoms with Gasteiger partial charge in [0, 0.05) is 18.7 Å². The molecule has 1 fully saturated rings. The molecule has 0 spiro atoms. The van der Waals surface area contributed by atoms with Gasteiger partial charge in [-0.15, -0.1) is 0 Å². The number of aliphatic imine (C=N–C) groups is 1. The molecule has 0 radical (unpaired) electrons. The topological polar surface area (TPSA) is 41.9 Å². The molecule has 1 aromatic carbocycles. The number of hydrogen-bond acceptors (Lipinski definition) is 4. The van der Waals surface area contributed by atoms with Crippen LogP contribution in [-0.2, 0) is 9.53 Å². The summed E-state index contributed by atoms with van der Waals surface area (Å²) >= 11 is 7.26. The van der Waals surface area contributed by atoms with Gasteiger partial charge in [-0.25, -0.2) is 4.39 Å². The lowest BCUT2D eigenvalue weighted by Crippen LogP contribution is -2.47. The molecule has 3 rings (SSSR count). The normalized spacial score (nSPS) is 26.8. The van der Waals surface area contributed by atoms with Crippen molar-refractivity contribution in [2.24, 2.45) is 4.99 Å². The highest BCUT2D eigenvalue weighted by Crippen LogP contribution is 2.33. The standard InChI is InChI=1S/C16H16ClFN2O2S/c1-9-7-20(8-10(2)22-9)16-19-15(21)14(23-16)6-11-12(17)4-3-5-13(11)18/h3-6,9-10H,7-8H2,1-2H3/b14-6-/t9-,10-/m1/s1. The molecule has 23 heavy (non-hydrogen) atoms. The van der Waals surface area contributed by atoms with E-state index in [1.54, 1.807) is 6.07 Å². The van der Waals surface area contributed by atoms with Crippen molar-refractivity contribution in [1.29, 1.82) is 0 Å². The molecule has 1 saturated heterocycles. The summed E-state index contributed by atoms with van der Waals surface area (Å²) in [6, 6.07) is 4.44. The Morgan fingerprint density at radius 2 is 2.09 bits per heavy atom. The average molecular weight is 355 g/mol. The van der Waals surface area contributed by atoms with Crippen LogP contribution < -0.4 is 0 Å². The van der Waals surface area contributed by atoms with Crippen LogP contribution in [0.15, 0.2) is 28.1 Å². The third kappa shape index (κ3) is 3.59. The lowest BCUT2D eigenvalue weighted by molar-refractivity contribution is -0.113. The molecule has 0 aliphatic carbocycles. The summed E-state index contributed by atoms with van der Waals surface area (Å²) in [6.45, 7) is 5.33. The van der Waals surface area contributed by atoms with Gasteiger partial charge in [0.25, 0.3) is 5.91 Å². The van der Waals surface area contributed by atoms with Gasteiger partial charge < -0.3 is 9.64 Å². The Hall–Kier alpha value is -1.37. The van der Waals surface area contributed by atoms with E-state index in [4.69, 9.17) is 16.3 Å². The highest BCUT2D eigenvalue weighted by atomic mass is 35.5. The second kappa shape index (κ2) is 6.63. The Kier molecular flexibility index (Phi) is 4.75. The fraction of sp³-hybridized carbons (Fsp3) is 0.375. The van der Waals surface area contributed by atoms with Crippen molar-refractivity contribution < 1.29 is 13.9 Å². The Bertz CT molecular complexity index is 677. The summed E-state index contributed by atoms with van der Waals surface area (Å²) in [6.07, 6.45) is 1.62. The van der Waals surface area contributed by atoms with E-state index in [2.05, 4.69) is 4.99 Å². The maximum absolute atomic E-state index is 13.9. The van der Waals surface area contributed by atoms with Crippen LogP contribution >= 0.6 is 23.4 Å². The maximum atomic E-state index is 13.9. The molecule has 2 aliphatic rings. The Morgan fingerprint density at radius 1 is 1.39 bits per heavy atom. The van der Waals surface area contributed by atoms with Gasteiger partial charge in [0.1, 0.15) is 5.82 Å². The number of amides is 1. The Balaban J connectivity index is 1.81. The van der Waals surface area contributed by atoms with E-state index in [9.17, 15) is 9.18 Å². The third-order valence-corrected chi connectivity index (χ3v) is 4.95. The van der Waals surface area contributed by atoms with Crippen LogP contribution in [0, 0.1) is 5.82 Å². The van der Waals surface area contributed by atoms with Gasteiger partial charge in [0.2, 0.25) is 0 Å². The van der Waals surface area contributed by atoms with Crippen molar-refractivity contribution in [2.45, 2.75) is 26.1 Å². The quantitative estimate of drug-likeness (QED) is 0.723. The molecule has 2 atom stereocenters. The van der Waals surface area contributed by atoms with Crippen LogP contribution in [0.5, 0.6) is 0 Å². The first kappa shape index (κ1) is 16.5. The molecular formula is C16H16ClFN2O2S. The number of thioether (sulfide) groups is 1. The highest BCUT2D eigenvalue weighted by molar-refractivity contribution is 8.18. The molecule has 7 heteroatoms. The largest absolute Gasteiger partial charge is 0.372 e. The number of benzene rings is 1. The van der Waals surface area contributed by atoms with Crippen LogP contribution in [0.1, 0.15) is 19.4 Å². The molecule has 122 valence electrons. The van der Waals surface area contributed by atoms with Crippen LogP contribution in [0.2, 0.25) is 5.02 Å². The van der Waals surface area contributed by atoms with Crippen molar-refractivity contribution in [3.05, 3.63) is 39.5 Å². The van der Waals surface area contributed by atoms with E-state index < -0.39 is 5.82 Å². The predicted octanol–water partition coefficient (Wildman–Crippen LogP) is 3.56. The van der Waals surface area contributed by atoms with Crippen LogP contribution in [-0.4, -0.2) is 41.3 Å². The first-order valence-corrected chi connectivity index (χ1v) is 8.50. The molecule has 0 aromatic heterocycles. The van der Waals surface area contributed by atoms with Crippen molar-refractivity contribution in [3.63, 3.8) is 0 Å². The minimum absolute atomic E-state index is 0.0752. The number of nitrogens with zero attached hydrogens (tertiary/aromatic N) is 2. The van der Waals surface area contributed by atoms with Crippen molar-refractivity contribution in [3.8, 4) is 0 Å². The summed E-state index contributed by atoms with van der Waals surface area (Å²) < 4.78 is 19.6. The van der Waals surface area contributed by atoms with Gasteiger partial charge in [0.05, 0.1) is 22.1 Å². The third-order valence-electron chi connectivity index (χ3n) is 3.57. The second-order valence-electron chi connectivity index (χ2n) is 5.61. The zero-order valence-electron chi connectivity index (χ0n) is 12.8. The maximum Gasteiger partial charge on any atom is 0.286 e. The van der Waals surface area contributed by atoms with Crippen molar-refractivity contribution in [2.75, 3.05) is 13.1 Å². The number of morpholine rings is 1. The SMILES string of the molecule is C[C@@H]1CN(C2=NC(=O)/C(=C/c3c(F)cccc3Cl)S2)C[C@@H](C)O1. The number of hydrogen-bond donors (Lipinski definition) is 0. The van der Waals surface area contributed by atoms with E-state index in [1.807, 2.05) is 18.7 Å². The zero-order valence-corrected chi connectivity index (χ0v) is 14.3. The molecule has 0 bridgehead atoms. The lowest BCUT2D eigenvalue weighted by Gasteiger charge is -2.35. The minimum atomic E-state index is -0.458. The molecule has 2 aliphatic heterocycles. The molecule has 1 amide bonds. The number of halogens is 2. The fourth-order valence-electron chi connectivity index (χ4n) is 2.65. The zero-order chi connectivity index (χ0) is 16.6. The monoisotopic (exact) mass is 354 g/mol. The van der Waals surface area contributed by atoms with E-state index in [0.717, 1.165) is 0 Å². The molecule has 4 nitrogen and oxygen atoms in total. The van der Waals surface area contributed by atoms with Gasteiger partial charge in [-0.05, 0) is 43.8 Å². The highest BCUT2D eigenvalue weighted by Gasteiger charge is 2.31. The molecule has 2 heterocycles. The molecule has 0 saturated carbocycles. The molecular weight excluding hydrogens is 339 g/mol. The first-order valence-electron chi connectivity index (χ1n) is 7.31. The number of rotatable bonds is 1. The van der Waals surface area contributed by atoms with E-state index in [-0.39, 0.29) is 28.7 Å². The first-order chi connectivity index (χ1) is 10.9. The lowest BCUT2D eigenvalue weighted by atomic mass is 10.2. The van der Waals surface area contributed by atoms with Crippen molar-refractivity contribution >= 4 is 40.5 Å². The fourth-order valence-corrected chi connectivity index (χ4v) is 3.78.